The molecule has 24 heavy (non-hydrogen) atoms. The van der Waals surface area contributed by atoms with Gasteiger partial charge in [0.05, 0.1) is 4.90 Å². The number of thioether (sulfide) groups is 1. The zero-order chi connectivity index (χ0) is 17.2. The number of hydrogen-bond acceptors (Lipinski definition) is 6. The third kappa shape index (κ3) is 3.89. The number of hydrogen-bond donors (Lipinski definition) is 1. The summed E-state index contributed by atoms with van der Waals surface area (Å²) in [5, 5.41) is 9.37. The summed E-state index contributed by atoms with van der Waals surface area (Å²) in [7, 11) is -3.69. The molecule has 0 aliphatic carbocycles. The molecule has 5 nitrogen and oxygen atoms in total. The summed E-state index contributed by atoms with van der Waals surface area (Å²) in [5.41, 5.74) is 0.826. The lowest BCUT2D eigenvalue weighted by molar-refractivity contribution is 0.601. The molecule has 0 bridgehead atoms. The van der Waals surface area contributed by atoms with Crippen LogP contribution in [0.25, 0.3) is 10.6 Å². The second-order valence-corrected chi connectivity index (χ2v) is 8.68. The molecule has 0 amide bonds. The molecule has 0 spiro atoms. The molecule has 0 fully saturated rings. The Morgan fingerprint density at radius 3 is 2.33 bits per heavy atom. The van der Waals surface area contributed by atoms with E-state index >= 15 is 0 Å². The smallest absolute Gasteiger partial charge is 0.253 e. The van der Waals surface area contributed by atoms with E-state index in [4.69, 9.17) is 11.6 Å². The molecule has 0 saturated heterocycles. The van der Waals surface area contributed by atoms with E-state index in [0.717, 1.165) is 21.8 Å². The SMILES string of the molecule is CSc1ccc(S(=O)(=O)Nc2nnc(-c3ccc(Cl)cc3)s2)cc1. The fraction of sp³-hybridized carbons (Fsp3) is 0.0667. The molecule has 3 aromatic rings. The average Bonchev–Trinajstić information content (AvgIpc) is 3.03. The number of benzene rings is 2. The van der Waals surface area contributed by atoms with Crippen LogP contribution in [0, 0.1) is 0 Å². The fourth-order valence-electron chi connectivity index (χ4n) is 1.90. The number of aromatic nitrogens is 2. The highest BCUT2D eigenvalue weighted by atomic mass is 35.5. The molecule has 1 N–H and O–H groups in total. The fourth-order valence-corrected chi connectivity index (χ4v) is 4.42. The molecule has 0 aliphatic heterocycles. The molecule has 2 aromatic carbocycles. The van der Waals surface area contributed by atoms with E-state index < -0.39 is 10.0 Å². The molecule has 9 heteroatoms. The van der Waals surface area contributed by atoms with Gasteiger partial charge in [-0.2, -0.15) is 0 Å². The highest BCUT2D eigenvalue weighted by molar-refractivity contribution is 7.98. The minimum atomic E-state index is -3.69. The Balaban J connectivity index is 1.81. The van der Waals surface area contributed by atoms with E-state index in [9.17, 15) is 8.42 Å². The quantitative estimate of drug-likeness (QED) is 0.647. The normalized spacial score (nSPS) is 11.4. The van der Waals surface area contributed by atoms with Crippen molar-refractivity contribution >= 4 is 49.9 Å². The van der Waals surface area contributed by atoms with Crippen molar-refractivity contribution in [1.29, 1.82) is 0 Å². The van der Waals surface area contributed by atoms with Gasteiger partial charge in [0.25, 0.3) is 10.0 Å². The van der Waals surface area contributed by atoms with Gasteiger partial charge >= 0.3 is 0 Å². The Bertz CT molecular complexity index is 939. The van der Waals surface area contributed by atoms with Gasteiger partial charge in [-0.25, -0.2) is 8.42 Å². The Hall–Kier alpha value is -1.61. The first-order valence-electron chi connectivity index (χ1n) is 6.74. The van der Waals surface area contributed by atoms with Crippen LogP contribution in [0.2, 0.25) is 5.02 Å². The van der Waals surface area contributed by atoms with Crippen LogP contribution in [0.3, 0.4) is 0 Å². The Kier molecular flexibility index (Phi) is 5.09. The standard InChI is InChI=1S/C15H12ClN3O2S3/c1-22-12-6-8-13(9-7-12)24(20,21)19-15-18-17-14(23-15)10-2-4-11(16)5-3-10/h2-9H,1H3,(H,18,19). The van der Waals surface area contributed by atoms with Gasteiger partial charge < -0.3 is 0 Å². The van der Waals surface area contributed by atoms with Crippen molar-refractivity contribution < 1.29 is 8.42 Å². The Morgan fingerprint density at radius 2 is 1.71 bits per heavy atom. The Morgan fingerprint density at radius 1 is 1.04 bits per heavy atom. The minimum Gasteiger partial charge on any atom is -0.253 e. The van der Waals surface area contributed by atoms with Crippen LogP contribution in [-0.4, -0.2) is 24.9 Å². The first-order chi connectivity index (χ1) is 11.5. The molecule has 0 atom stereocenters. The van der Waals surface area contributed by atoms with E-state index in [1.807, 2.05) is 18.4 Å². The number of nitrogens with zero attached hydrogens (tertiary/aromatic N) is 2. The number of anilines is 1. The summed E-state index contributed by atoms with van der Waals surface area (Å²) in [6.07, 6.45) is 1.93. The predicted octanol–water partition coefficient (Wildman–Crippen LogP) is 4.38. The summed E-state index contributed by atoms with van der Waals surface area (Å²) < 4.78 is 27.2. The molecule has 0 aliphatic rings. The van der Waals surface area contributed by atoms with Crippen LogP contribution < -0.4 is 4.72 Å². The number of halogens is 1. The molecule has 0 saturated carbocycles. The van der Waals surface area contributed by atoms with Crippen molar-refractivity contribution in [3.63, 3.8) is 0 Å². The molecule has 1 heterocycles. The Labute approximate surface area is 153 Å². The largest absolute Gasteiger partial charge is 0.263 e. The number of rotatable bonds is 5. The van der Waals surface area contributed by atoms with Gasteiger partial charge in [0.2, 0.25) is 5.13 Å². The maximum absolute atomic E-state index is 12.4. The first-order valence-corrected chi connectivity index (χ1v) is 10.6. The van der Waals surface area contributed by atoms with Crippen LogP contribution in [0.1, 0.15) is 0 Å². The van der Waals surface area contributed by atoms with Crippen molar-refractivity contribution in [1.82, 2.24) is 10.2 Å². The van der Waals surface area contributed by atoms with Crippen molar-refractivity contribution in [2.75, 3.05) is 11.0 Å². The lowest BCUT2D eigenvalue weighted by Gasteiger charge is -2.05. The molecule has 0 radical (unpaired) electrons. The number of nitrogens with one attached hydrogen (secondary N) is 1. The minimum absolute atomic E-state index is 0.184. The first kappa shape index (κ1) is 17.2. The van der Waals surface area contributed by atoms with Gasteiger partial charge in [-0.3, -0.25) is 4.72 Å². The lowest BCUT2D eigenvalue weighted by atomic mass is 10.2. The summed E-state index contributed by atoms with van der Waals surface area (Å²) in [5.74, 6) is 0. The molecule has 124 valence electrons. The van der Waals surface area contributed by atoms with E-state index in [0.29, 0.717) is 10.0 Å². The molecular formula is C15H12ClN3O2S3. The molecular weight excluding hydrogens is 386 g/mol. The summed E-state index contributed by atoms with van der Waals surface area (Å²) in [6.45, 7) is 0. The van der Waals surface area contributed by atoms with Crippen LogP contribution in [0.15, 0.2) is 58.3 Å². The third-order valence-electron chi connectivity index (χ3n) is 3.11. The third-order valence-corrected chi connectivity index (χ3v) is 6.47. The van der Waals surface area contributed by atoms with Crippen molar-refractivity contribution in [3.8, 4) is 10.6 Å². The predicted molar refractivity (Wildman–Crippen MR) is 99.4 cm³/mol. The molecule has 3 rings (SSSR count). The van der Waals surface area contributed by atoms with Crippen LogP contribution in [0.5, 0.6) is 0 Å². The van der Waals surface area contributed by atoms with E-state index in [1.54, 1.807) is 48.2 Å². The zero-order valence-corrected chi connectivity index (χ0v) is 15.6. The van der Waals surface area contributed by atoms with Gasteiger partial charge in [-0.05, 0) is 42.7 Å². The van der Waals surface area contributed by atoms with Crippen molar-refractivity contribution in [2.45, 2.75) is 9.79 Å². The molecule has 0 unspecified atom stereocenters. The van der Waals surface area contributed by atoms with Crippen LogP contribution >= 0.6 is 34.7 Å². The highest BCUT2D eigenvalue weighted by Crippen LogP contribution is 2.28. The average molecular weight is 398 g/mol. The topological polar surface area (TPSA) is 72.0 Å². The lowest BCUT2D eigenvalue weighted by Crippen LogP contribution is -2.12. The van der Waals surface area contributed by atoms with Gasteiger partial charge in [-0.1, -0.05) is 35.1 Å². The zero-order valence-electron chi connectivity index (χ0n) is 12.4. The van der Waals surface area contributed by atoms with Gasteiger partial charge in [0, 0.05) is 15.5 Å². The van der Waals surface area contributed by atoms with E-state index in [2.05, 4.69) is 14.9 Å². The maximum Gasteiger partial charge on any atom is 0.263 e. The van der Waals surface area contributed by atoms with Gasteiger partial charge in [0.1, 0.15) is 5.01 Å². The van der Waals surface area contributed by atoms with Crippen molar-refractivity contribution in [3.05, 3.63) is 53.6 Å². The van der Waals surface area contributed by atoms with E-state index in [-0.39, 0.29) is 10.0 Å². The second-order valence-electron chi connectivity index (χ2n) is 4.70. The number of sulfonamides is 1. The van der Waals surface area contributed by atoms with Gasteiger partial charge in [-0.15, -0.1) is 22.0 Å². The second kappa shape index (κ2) is 7.10. The monoisotopic (exact) mass is 397 g/mol. The summed E-state index contributed by atoms with van der Waals surface area (Å²) in [6, 6.07) is 13.8. The summed E-state index contributed by atoms with van der Waals surface area (Å²) in [4.78, 5) is 1.18. The molecule has 1 aromatic heterocycles. The highest BCUT2D eigenvalue weighted by Gasteiger charge is 2.17. The van der Waals surface area contributed by atoms with E-state index in [1.165, 1.54) is 0 Å². The van der Waals surface area contributed by atoms with Gasteiger partial charge in [0.15, 0.2) is 0 Å². The van der Waals surface area contributed by atoms with Crippen molar-refractivity contribution in [2.24, 2.45) is 0 Å². The van der Waals surface area contributed by atoms with Crippen LogP contribution in [0.4, 0.5) is 5.13 Å². The maximum atomic E-state index is 12.4. The summed E-state index contributed by atoms with van der Waals surface area (Å²) >= 11 is 8.57. The van der Waals surface area contributed by atoms with Crippen LogP contribution in [-0.2, 0) is 10.0 Å².